The molecule has 2 rings (SSSR count). The fourth-order valence-corrected chi connectivity index (χ4v) is 2.56. The van der Waals surface area contributed by atoms with Gasteiger partial charge in [-0.3, -0.25) is 4.90 Å². The average molecular weight is 293 g/mol. The Bertz CT molecular complexity index is 430. The Labute approximate surface area is 127 Å². The summed E-state index contributed by atoms with van der Waals surface area (Å²) in [5, 5.41) is 10.5. The Balaban J connectivity index is 1.95. The smallest absolute Gasteiger partial charge is 0.125 e. The highest BCUT2D eigenvalue weighted by molar-refractivity contribution is 5.38. The lowest BCUT2D eigenvalue weighted by atomic mass is 10.0. The van der Waals surface area contributed by atoms with E-state index in [1.807, 2.05) is 25.1 Å². The van der Waals surface area contributed by atoms with E-state index in [0.29, 0.717) is 6.61 Å². The number of aryl methyl sites for hydroxylation is 1. The minimum absolute atomic E-state index is 0.473. The van der Waals surface area contributed by atoms with E-state index >= 15 is 0 Å². The van der Waals surface area contributed by atoms with Crippen molar-refractivity contribution >= 4 is 0 Å². The summed E-state index contributed by atoms with van der Waals surface area (Å²) in [6.45, 7) is 9.22. The van der Waals surface area contributed by atoms with E-state index in [1.165, 1.54) is 0 Å². The highest BCUT2D eigenvalue weighted by Gasteiger charge is 2.17. The molecule has 0 spiro atoms. The molecule has 0 aromatic heterocycles. The zero-order valence-corrected chi connectivity index (χ0v) is 13.2. The lowest BCUT2D eigenvalue weighted by Gasteiger charge is -2.27. The molecular weight excluding hydrogens is 266 g/mol. The SMILES string of the molecule is CCCOc1ccc(C)cc1C(O)CCN1CCOCC1. The summed E-state index contributed by atoms with van der Waals surface area (Å²) >= 11 is 0. The standard InChI is InChI=1S/C17H27NO3/c1-3-10-21-17-5-4-14(2)13-15(17)16(19)6-7-18-8-11-20-12-9-18/h4-5,13,16,19H,3,6-12H2,1-2H3. The van der Waals surface area contributed by atoms with Crippen molar-refractivity contribution in [3.8, 4) is 5.75 Å². The normalized spacial score (nSPS) is 17.7. The number of rotatable bonds is 7. The summed E-state index contributed by atoms with van der Waals surface area (Å²) in [5.74, 6) is 0.817. The van der Waals surface area contributed by atoms with E-state index in [0.717, 1.165) is 62.6 Å². The van der Waals surface area contributed by atoms with Gasteiger partial charge in [-0.15, -0.1) is 0 Å². The topological polar surface area (TPSA) is 41.9 Å². The van der Waals surface area contributed by atoms with Gasteiger partial charge >= 0.3 is 0 Å². The molecule has 4 heteroatoms. The second-order valence-corrected chi connectivity index (χ2v) is 5.65. The van der Waals surface area contributed by atoms with Crippen LogP contribution in [0.2, 0.25) is 0 Å². The van der Waals surface area contributed by atoms with Crippen LogP contribution in [0.1, 0.15) is 37.0 Å². The fourth-order valence-electron chi connectivity index (χ4n) is 2.56. The van der Waals surface area contributed by atoms with Gasteiger partial charge < -0.3 is 14.6 Å². The van der Waals surface area contributed by atoms with Gasteiger partial charge in [0.2, 0.25) is 0 Å². The average Bonchev–Trinajstić information content (AvgIpc) is 2.52. The molecule has 0 bridgehead atoms. The zero-order chi connectivity index (χ0) is 15.1. The highest BCUT2D eigenvalue weighted by Crippen LogP contribution is 2.29. The Morgan fingerprint density at radius 3 is 2.81 bits per heavy atom. The molecule has 1 aliphatic heterocycles. The number of benzene rings is 1. The van der Waals surface area contributed by atoms with Crippen molar-refractivity contribution in [3.63, 3.8) is 0 Å². The van der Waals surface area contributed by atoms with Crippen molar-refractivity contribution in [1.29, 1.82) is 0 Å². The van der Waals surface area contributed by atoms with Crippen molar-refractivity contribution in [2.24, 2.45) is 0 Å². The molecule has 0 amide bonds. The number of ether oxygens (including phenoxy) is 2. The van der Waals surface area contributed by atoms with Crippen LogP contribution in [0.15, 0.2) is 18.2 Å². The number of morpholine rings is 1. The largest absolute Gasteiger partial charge is 0.493 e. The molecule has 1 fully saturated rings. The predicted molar refractivity (Wildman–Crippen MR) is 83.8 cm³/mol. The molecule has 1 N–H and O–H groups in total. The summed E-state index contributed by atoms with van der Waals surface area (Å²) in [6.07, 6.45) is 1.22. The number of nitrogens with zero attached hydrogens (tertiary/aromatic N) is 1. The first kappa shape index (κ1) is 16.3. The quantitative estimate of drug-likeness (QED) is 0.839. The van der Waals surface area contributed by atoms with Crippen molar-refractivity contribution in [2.75, 3.05) is 39.5 Å². The van der Waals surface area contributed by atoms with Gasteiger partial charge in [0.15, 0.2) is 0 Å². The molecule has 0 aliphatic carbocycles. The van der Waals surface area contributed by atoms with Gasteiger partial charge in [-0.25, -0.2) is 0 Å². The summed E-state index contributed by atoms with van der Waals surface area (Å²) < 4.78 is 11.1. The molecule has 1 heterocycles. The minimum atomic E-state index is -0.473. The molecule has 118 valence electrons. The number of aliphatic hydroxyl groups is 1. The Hall–Kier alpha value is -1.10. The van der Waals surface area contributed by atoms with E-state index in [1.54, 1.807) is 0 Å². The van der Waals surface area contributed by atoms with Gasteiger partial charge in [-0.1, -0.05) is 18.6 Å². The van der Waals surface area contributed by atoms with E-state index in [9.17, 15) is 5.11 Å². The van der Waals surface area contributed by atoms with Crippen molar-refractivity contribution < 1.29 is 14.6 Å². The van der Waals surface area contributed by atoms with Crippen LogP contribution in [0, 0.1) is 6.92 Å². The van der Waals surface area contributed by atoms with Crippen LogP contribution in [0.4, 0.5) is 0 Å². The van der Waals surface area contributed by atoms with Crippen LogP contribution in [-0.2, 0) is 4.74 Å². The van der Waals surface area contributed by atoms with Crippen molar-refractivity contribution in [3.05, 3.63) is 29.3 Å². The van der Waals surface area contributed by atoms with Crippen LogP contribution < -0.4 is 4.74 Å². The summed E-state index contributed by atoms with van der Waals surface area (Å²) in [7, 11) is 0. The van der Waals surface area contributed by atoms with Gasteiger partial charge in [0.05, 0.1) is 25.9 Å². The third-order valence-corrected chi connectivity index (χ3v) is 3.81. The van der Waals surface area contributed by atoms with E-state index < -0.39 is 6.10 Å². The van der Waals surface area contributed by atoms with Crippen molar-refractivity contribution in [1.82, 2.24) is 4.90 Å². The van der Waals surface area contributed by atoms with Crippen LogP contribution in [0.3, 0.4) is 0 Å². The van der Waals surface area contributed by atoms with Crippen LogP contribution >= 0.6 is 0 Å². The molecule has 1 aliphatic rings. The molecule has 1 saturated heterocycles. The van der Waals surface area contributed by atoms with Crippen LogP contribution in [0.5, 0.6) is 5.75 Å². The Morgan fingerprint density at radius 2 is 2.10 bits per heavy atom. The lowest BCUT2D eigenvalue weighted by molar-refractivity contribution is 0.0298. The predicted octanol–water partition coefficient (Wildman–Crippen LogP) is 2.54. The van der Waals surface area contributed by atoms with E-state index in [2.05, 4.69) is 11.8 Å². The highest BCUT2D eigenvalue weighted by atomic mass is 16.5. The summed E-state index contributed by atoms with van der Waals surface area (Å²) in [6, 6.07) is 6.04. The van der Waals surface area contributed by atoms with E-state index in [4.69, 9.17) is 9.47 Å². The zero-order valence-electron chi connectivity index (χ0n) is 13.2. The first-order valence-electron chi connectivity index (χ1n) is 7.92. The molecule has 1 atom stereocenters. The molecule has 0 radical (unpaired) electrons. The first-order valence-corrected chi connectivity index (χ1v) is 7.92. The number of hydrogen-bond acceptors (Lipinski definition) is 4. The maximum absolute atomic E-state index is 10.5. The van der Waals surface area contributed by atoms with Crippen LogP contribution in [0.25, 0.3) is 0 Å². The third-order valence-electron chi connectivity index (χ3n) is 3.81. The lowest BCUT2D eigenvalue weighted by Crippen LogP contribution is -2.37. The van der Waals surface area contributed by atoms with Gasteiger partial charge in [-0.2, -0.15) is 0 Å². The second-order valence-electron chi connectivity index (χ2n) is 5.65. The minimum Gasteiger partial charge on any atom is -0.493 e. The van der Waals surface area contributed by atoms with Gasteiger partial charge in [0.1, 0.15) is 5.75 Å². The third kappa shape index (κ3) is 4.99. The monoisotopic (exact) mass is 293 g/mol. The number of aliphatic hydroxyl groups excluding tert-OH is 1. The van der Waals surface area contributed by atoms with Crippen LogP contribution in [-0.4, -0.2) is 49.5 Å². The molecule has 4 nitrogen and oxygen atoms in total. The maximum Gasteiger partial charge on any atom is 0.125 e. The molecule has 21 heavy (non-hydrogen) atoms. The Kier molecular flexibility index (Phi) is 6.49. The summed E-state index contributed by atoms with van der Waals surface area (Å²) in [5.41, 5.74) is 2.07. The molecule has 1 aromatic carbocycles. The first-order chi connectivity index (χ1) is 10.2. The number of hydrogen-bond donors (Lipinski definition) is 1. The molecular formula is C17H27NO3. The van der Waals surface area contributed by atoms with Gasteiger partial charge in [0, 0.05) is 25.2 Å². The Morgan fingerprint density at radius 1 is 1.33 bits per heavy atom. The maximum atomic E-state index is 10.5. The summed E-state index contributed by atoms with van der Waals surface area (Å²) in [4.78, 5) is 2.34. The second kappa shape index (κ2) is 8.37. The van der Waals surface area contributed by atoms with E-state index in [-0.39, 0.29) is 0 Å². The van der Waals surface area contributed by atoms with Crippen molar-refractivity contribution in [2.45, 2.75) is 32.8 Å². The molecule has 1 aromatic rings. The fraction of sp³-hybridized carbons (Fsp3) is 0.647. The molecule has 1 unspecified atom stereocenters. The van der Waals surface area contributed by atoms with Gasteiger partial charge in [-0.05, 0) is 31.9 Å². The van der Waals surface area contributed by atoms with Gasteiger partial charge in [0.25, 0.3) is 0 Å². The molecule has 0 saturated carbocycles.